The molecule has 4 amide bonds. The first kappa shape index (κ1) is 28.3. The maximum absolute atomic E-state index is 15.3. The lowest BCUT2D eigenvalue weighted by Crippen LogP contribution is -2.52. The number of hydrogen-bond donors (Lipinski definition) is 2. The molecule has 2 aromatic carbocycles. The van der Waals surface area contributed by atoms with Crippen molar-refractivity contribution < 1.29 is 28.0 Å². The highest BCUT2D eigenvalue weighted by molar-refractivity contribution is 6.05. The Morgan fingerprint density at radius 1 is 0.952 bits per heavy atom. The van der Waals surface area contributed by atoms with Crippen LogP contribution in [0, 0.1) is 17.6 Å². The summed E-state index contributed by atoms with van der Waals surface area (Å²) in [6.45, 7) is 4.12. The number of fused-ring (bicyclic) bond motifs is 1. The van der Waals surface area contributed by atoms with E-state index in [2.05, 4.69) is 10.2 Å². The molecule has 0 spiro atoms. The number of nitrogens with two attached hydrogens (primary N) is 1. The first-order valence-corrected chi connectivity index (χ1v) is 14.7. The zero-order valence-corrected chi connectivity index (χ0v) is 23.4. The van der Waals surface area contributed by atoms with E-state index in [4.69, 9.17) is 5.73 Å². The van der Waals surface area contributed by atoms with Crippen LogP contribution >= 0.6 is 0 Å². The molecule has 0 aliphatic carbocycles. The number of primary amides is 1. The SMILES string of the molecule is NC(=O)c1cccc(F)c1N1CCC(CN2CCC(c3cc4c(cc3F)C(=O)N(C3CCC(=O)NC3=O)C4)CC2)CC1. The average molecular weight is 580 g/mol. The Bertz CT molecular complexity index is 1430. The summed E-state index contributed by atoms with van der Waals surface area (Å²) in [7, 11) is 0. The highest BCUT2D eigenvalue weighted by Gasteiger charge is 2.40. The van der Waals surface area contributed by atoms with Gasteiger partial charge in [0.2, 0.25) is 11.8 Å². The summed E-state index contributed by atoms with van der Waals surface area (Å²) in [6.07, 6.45) is 3.81. The number of rotatable bonds is 6. The molecule has 2 aromatic rings. The molecular weight excluding hydrogens is 544 g/mol. The number of amides is 4. The lowest BCUT2D eigenvalue weighted by molar-refractivity contribution is -0.136. The molecule has 4 heterocycles. The highest BCUT2D eigenvalue weighted by atomic mass is 19.1. The summed E-state index contributed by atoms with van der Waals surface area (Å²) in [5.41, 5.74) is 7.62. The molecule has 0 saturated carbocycles. The van der Waals surface area contributed by atoms with Crippen LogP contribution in [0.2, 0.25) is 0 Å². The third-order valence-electron chi connectivity index (χ3n) is 9.37. The Morgan fingerprint density at radius 2 is 1.69 bits per heavy atom. The number of likely N-dealkylation sites (tertiary alicyclic amines) is 1. The van der Waals surface area contributed by atoms with Crippen LogP contribution in [-0.2, 0) is 16.1 Å². The summed E-state index contributed by atoms with van der Waals surface area (Å²) in [5, 5.41) is 2.29. The van der Waals surface area contributed by atoms with Crippen LogP contribution in [0.25, 0.3) is 0 Å². The van der Waals surface area contributed by atoms with E-state index < -0.39 is 23.7 Å². The second kappa shape index (κ2) is 11.4. The Hall–Kier alpha value is -3.86. The fourth-order valence-corrected chi connectivity index (χ4v) is 7.09. The van der Waals surface area contributed by atoms with Gasteiger partial charge in [-0.1, -0.05) is 12.1 Å². The van der Waals surface area contributed by atoms with Crippen LogP contribution in [-0.4, -0.2) is 72.2 Å². The van der Waals surface area contributed by atoms with Gasteiger partial charge in [0.15, 0.2) is 0 Å². The van der Waals surface area contributed by atoms with Gasteiger partial charge in [0.1, 0.15) is 17.7 Å². The van der Waals surface area contributed by atoms with Crippen molar-refractivity contribution in [1.29, 1.82) is 0 Å². The Labute approximate surface area is 243 Å². The number of nitrogens with one attached hydrogen (secondary N) is 1. The molecule has 6 rings (SSSR count). The van der Waals surface area contributed by atoms with E-state index in [9.17, 15) is 23.6 Å². The number of hydrogen-bond acceptors (Lipinski definition) is 6. The number of piperidine rings is 3. The van der Waals surface area contributed by atoms with Crippen molar-refractivity contribution in [2.75, 3.05) is 37.6 Å². The van der Waals surface area contributed by atoms with E-state index in [1.165, 1.54) is 23.1 Å². The van der Waals surface area contributed by atoms with Gasteiger partial charge in [0.25, 0.3) is 11.8 Å². The molecule has 11 heteroatoms. The standard InChI is InChI=1S/C31H35F2N5O4/c32-24-3-1-2-21(29(34)40)28(24)37-12-6-18(7-13-37)16-36-10-8-19(9-11-36)22-14-20-17-38(31(42)23(20)15-25(22)33)26-4-5-27(39)35-30(26)41/h1-3,14-15,18-19,26H,4-13,16-17H2,(H2,34,40)(H,35,39,41). The van der Waals surface area contributed by atoms with Gasteiger partial charge in [0.05, 0.1) is 11.3 Å². The van der Waals surface area contributed by atoms with Crippen LogP contribution in [0.4, 0.5) is 14.5 Å². The minimum absolute atomic E-state index is 0.0430. The second-order valence-corrected chi connectivity index (χ2v) is 11.9. The van der Waals surface area contributed by atoms with Gasteiger partial charge in [-0.25, -0.2) is 8.78 Å². The summed E-state index contributed by atoms with van der Waals surface area (Å²) >= 11 is 0. The molecular formula is C31H35F2N5O4. The Morgan fingerprint density at radius 3 is 2.38 bits per heavy atom. The van der Waals surface area contributed by atoms with Gasteiger partial charge in [-0.05, 0) is 86.4 Å². The second-order valence-electron chi connectivity index (χ2n) is 11.9. The fourth-order valence-electron chi connectivity index (χ4n) is 7.09. The quantitative estimate of drug-likeness (QED) is 0.509. The van der Waals surface area contributed by atoms with Gasteiger partial charge < -0.3 is 20.4 Å². The van der Waals surface area contributed by atoms with Crippen LogP contribution in [0.3, 0.4) is 0 Å². The first-order valence-electron chi connectivity index (χ1n) is 14.7. The summed E-state index contributed by atoms with van der Waals surface area (Å²) in [4.78, 5) is 54.5. The summed E-state index contributed by atoms with van der Waals surface area (Å²) in [5.74, 6) is -2.15. The van der Waals surface area contributed by atoms with E-state index >= 15 is 4.39 Å². The van der Waals surface area contributed by atoms with E-state index in [1.807, 2.05) is 4.90 Å². The fraction of sp³-hybridized carbons (Fsp3) is 0.484. The third kappa shape index (κ3) is 5.37. The van der Waals surface area contributed by atoms with Crippen LogP contribution in [0.5, 0.6) is 0 Å². The summed E-state index contributed by atoms with van der Waals surface area (Å²) < 4.78 is 29.8. The van der Waals surface area contributed by atoms with Gasteiger partial charge in [0, 0.05) is 38.2 Å². The van der Waals surface area contributed by atoms with E-state index in [1.54, 1.807) is 12.1 Å². The molecule has 222 valence electrons. The highest BCUT2D eigenvalue weighted by Crippen LogP contribution is 2.36. The van der Waals surface area contributed by atoms with Gasteiger partial charge in [-0.15, -0.1) is 0 Å². The largest absolute Gasteiger partial charge is 0.369 e. The number of anilines is 1. The minimum Gasteiger partial charge on any atom is -0.369 e. The van der Waals surface area contributed by atoms with Crippen molar-refractivity contribution in [3.8, 4) is 0 Å². The molecule has 3 N–H and O–H groups in total. The predicted molar refractivity (Wildman–Crippen MR) is 151 cm³/mol. The molecule has 1 atom stereocenters. The van der Waals surface area contributed by atoms with E-state index in [-0.39, 0.29) is 48.5 Å². The lowest BCUT2D eigenvalue weighted by atomic mass is 9.86. The van der Waals surface area contributed by atoms with Crippen molar-refractivity contribution >= 4 is 29.3 Å². The summed E-state index contributed by atoms with van der Waals surface area (Å²) in [6, 6.07) is 6.81. The molecule has 4 aliphatic heterocycles. The number of imide groups is 1. The monoisotopic (exact) mass is 579 g/mol. The average Bonchev–Trinajstić information content (AvgIpc) is 3.28. The van der Waals surface area contributed by atoms with Crippen molar-refractivity contribution in [2.45, 2.75) is 57.0 Å². The zero-order chi connectivity index (χ0) is 29.5. The minimum atomic E-state index is -0.721. The van der Waals surface area contributed by atoms with E-state index in [0.29, 0.717) is 35.8 Å². The van der Waals surface area contributed by atoms with Crippen molar-refractivity contribution in [1.82, 2.24) is 15.1 Å². The van der Waals surface area contributed by atoms with Crippen molar-refractivity contribution in [2.24, 2.45) is 11.7 Å². The first-order chi connectivity index (χ1) is 20.2. The number of carbonyl (C=O) groups is 4. The van der Waals surface area contributed by atoms with E-state index in [0.717, 1.165) is 50.9 Å². The lowest BCUT2D eigenvalue weighted by Gasteiger charge is -2.39. The molecule has 0 bridgehead atoms. The number of nitrogens with zero attached hydrogens (tertiary/aromatic N) is 3. The smallest absolute Gasteiger partial charge is 0.255 e. The maximum Gasteiger partial charge on any atom is 0.255 e. The van der Waals surface area contributed by atoms with Gasteiger partial charge in [-0.3, -0.25) is 24.5 Å². The number of halogens is 2. The number of carbonyl (C=O) groups excluding carboxylic acids is 4. The molecule has 9 nitrogen and oxygen atoms in total. The Kier molecular flexibility index (Phi) is 7.69. The molecule has 3 fully saturated rings. The molecule has 3 saturated heterocycles. The molecule has 0 radical (unpaired) electrons. The third-order valence-corrected chi connectivity index (χ3v) is 9.37. The van der Waals surface area contributed by atoms with Crippen molar-refractivity contribution in [3.63, 3.8) is 0 Å². The molecule has 42 heavy (non-hydrogen) atoms. The predicted octanol–water partition coefficient (Wildman–Crippen LogP) is 2.92. The molecule has 1 unspecified atom stereocenters. The van der Waals surface area contributed by atoms with Crippen LogP contribution in [0.1, 0.15) is 76.3 Å². The maximum atomic E-state index is 15.3. The number of para-hydroxylation sites is 1. The normalized spacial score (nSPS) is 22.4. The zero-order valence-electron chi connectivity index (χ0n) is 23.4. The molecule has 0 aromatic heterocycles. The Balaban J connectivity index is 1.03. The topological polar surface area (TPSA) is 116 Å². The van der Waals surface area contributed by atoms with Crippen molar-refractivity contribution in [3.05, 3.63) is 64.2 Å². The molecule has 4 aliphatic rings. The van der Waals surface area contributed by atoms with Gasteiger partial charge in [-0.2, -0.15) is 0 Å². The number of benzene rings is 2. The van der Waals surface area contributed by atoms with Crippen LogP contribution in [0.15, 0.2) is 30.3 Å². The van der Waals surface area contributed by atoms with Crippen LogP contribution < -0.4 is 16.0 Å². The van der Waals surface area contributed by atoms with Gasteiger partial charge >= 0.3 is 0 Å².